The van der Waals surface area contributed by atoms with Crippen molar-refractivity contribution in [3.8, 4) is 0 Å². The lowest BCUT2D eigenvalue weighted by molar-refractivity contribution is 0.0967. The van der Waals surface area contributed by atoms with Crippen LogP contribution in [0.15, 0.2) is 88.9 Å². The van der Waals surface area contributed by atoms with E-state index >= 15 is 0 Å². The molecule has 3 aromatic carbocycles. The zero-order chi connectivity index (χ0) is 19.7. The monoisotopic (exact) mass is 394 g/mol. The molecule has 0 spiro atoms. The number of benzene rings is 3. The number of hydrogen-bond donors (Lipinski definition) is 0. The summed E-state index contributed by atoms with van der Waals surface area (Å²) in [5.41, 5.74) is 1.91. The van der Waals surface area contributed by atoms with Gasteiger partial charge in [0.25, 0.3) is 10.0 Å². The number of carbonyl (C=O) groups is 1. The zero-order valence-corrected chi connectivity index (χ0v) is 15.4. The number of carbonyl (C=O) groups excluding carboxylic acids is 1. The smallest absolute Gasteiger partial charge is 0.280 e. The Morgan fingerprint density at radius 3 is 2.25 bits per heavy atom. The first kappa shape index (κ1) is 18.1. The maximum atomic E-state index is 13.1. The summed E-state index contributed by atoms with van der Waals surface area (Å²) in [7, 11) is -3.98. The minimum atomic E-state index is -3.98. The summed E-state index contributed by atoms with van der Waals surface area (Å²) < 4.78 is 39.9. The molecule has 3 aromatic rings. The van der Waals surface area contributed by atoms with E-state index in [1.54, 1.807) is 18.2 Å². The van der Waals surface area contributed by atoms with Crippen LogP contribution in [0.25, 0.3) is 0 Å². The van der Waals surface area contributed by atoms with Crippen molar-refractivity contribution in [1.29, 1.82) is 0 Å². The standard InChI is InChI=1S/C21H15FN2O3S/c22-17-12-10-15(11-13-17)19(25)14-24-23-21(16-6-2-1-3-7-16)18-8-4-5-9-20(18)28(24,26)27/h1-13H,14H2. The summed E-state index contributed by atoms with van der Waals surface area (Å²) in [4.78, 5) is 12.7. The predicted octanol–water partition coefficient (Wildman–Crippen LogP) is 3.47. The van der Waals surface area contributed by atoms with E-state index in [4.69, 9.17) is 0 Å². The van der Waals surface area contributed by atoms with Gasteiger partial charge in [0.1, 0.15) is 18.1 Å². The van der Waals surface area contributed by atoms with Crippen LogP contribution in [0.5, 0.6) is 0 Å². The van der Waals surface area contributed by atoms with Gasteiger partial charge >= 0.3 is 0 Å². The zero-order valence-electron chi connectivity index (χ0n) is 14.6. The quantitative estimate of drug-likeness (QED) is 0.637. The van der Waals surface area contributed by atoms with Crippen LogP contribution in [-0.2, 0) is 10.0 Å². The molecule has 28 heavy (non-hydrogen) atoms. The molecule has 0 radical (unpaired) electrons. The largest absolute Gasteiger partial charge is 0.292 e. The lowest BCUT2D eigenvalue weighted by Gasteiger charge is -2.26. The molecule has 1 heterocycles. The van der Waals surface area contributed by atoms with Gasteiger partial charge in [-0.25, -0.2) is 4.39 Å². The molecule has 0 N–H and O–H groups in total. The van der Waals surface area contributed by atoms with Crippen LogP contribution in [-0.4, -0.2) is 30.9 Å². The molecule has 0 aliphatic carbocycles. The third kappa shape index (κ3) is 3.20. The van der Waals surface area contributed by atoms with E-state index < -0.39 is 28.2 Å². The number of sulfonamides is 1. The average Bonchev–Trinajstić information content (AvgIpc) is 2.71. The highest BCUT2D eigenvalue weighted by molar-refractivity contribution is 7.89. The molecule has 0 fully saturated rings. The summed E-state index contributed by atoms with van der Waals surface area (Å²) in [6.07, 6.45) is 0. The van der Waals surface area contributed by atoms with E-state index in [0.29, 0.717) is 11.3 Å². The van der Waals surface area contributed by atoms with Crippen molar-refractivity contribution >= 4 is 21.5 Å². The number of ketones is 1. The Morgan fingerprint density at radius 1 is 0.893 bits per heavy atom. The van der Waals surface area contributed by atoms with Crippen molar-refractivity contribution in [2.75, 3.05) is 6.54 Å². The van der Waals surface area contributed by atoms with Crippen LogP contribution < -0.4 is 0 Å². The van der Waals surface area contributed by atoms with Crippen LogP contribution in [0, 0.1) is 5.82 Å². The topological polar surface area (TPSA) is 66.8 Å². The number of rotatable bonds is 4. The number of halogens is 1. The molecule has 0 saturated heterocycles. The molecule has 4 rings (SSSR count). The van der Waals surface area contributed by atoms with Crippen molar-refractivity contribution in [3.63, 3.8) is 0 Å². The van der Waals surface area contributed by atoms with Crippen LogP contribution >= 0.6 is 0 Å². The van der Waals surface area contributed by atoms with Gasteiger partial charge in [0.2, 0.25) is 0 Å². The second-order valence-corrected chi connectivity index (χ2v) is 8.04. The van der Waals surface area contributed by atoms with Crippen molar-refractivity contribution < 1.29 is 17.6 Å². The first-order valence-corrected chi connectivity index (χ1v) is 9.96. The highest BCUT2D eigenvalue weighted by Crippen LogP contribution is 2.29. The Morgan fingerprint density at radius 2 is 1.54 bits per heavy atom. The molecule has 0 atom stereocenters. The van der Waals surface area contributed by atoms with Crippen molar-refractivity contribution in [1.82, 2.24) is 4.41 Å². The molecular weight excluding hydrogens is 379 g/mol. The van der Waals surface area contributed by atoms with E-state index in [9.17, 15) is 17.6 Å². The van der Waals surface area contributed by atoms with Gasteiger partial charge < -0.3 is 0 Å². The molecule has 140 valence electrons. The van der Waals surface area contributed by atoms with Gasteiger partial charge in [0.05, 0.1) is 4.90 Å². The molecular formula is C21H15FN2O3S. The maximum Gasteiger partial charge on any atom is 0.280 e. The van der Waals surface area contributed by atoms with Gasteiger partial charge in [-0.05, 0) is 30.3 Å². The fourth-order valence-electron chi connectivity index (χ4n) is 3.00. The van der Waals surface area contributed by atoms with Gasteiger partial charge in [-0.1, -0.05) is 48.5 Å². The van der Waals surface area contributed by atoms with Crippen molar-refractivity contribution in [2.45, 2.75) is 4.90 Å². The highest BCUT2D eigenvalue weighted by atomic mass is 32.2. The van der Waals surface area contributed by atoms with Crippen LogP contribution in [0.3, 0.4) is 0 Å². The molecule has 1 aliphatic heterocycles. The third-order valence-electron chi connectivity index (χ3n) is 4.40. The van der Waals surface area contributed by atoms with Crippen molar-refractivity contribution in [2.24, 2.45) is 5.10 Å². The SMILES string of the molecule is O=C(CN1N=C(c2ccccc2)c2ccccc2S1(=O)=O)c1ccc(F)cc1. The van der Waals surface area contributed by atoms with E-state index in [-0.39, 0.29) is 10.5 Å². The predicted molar refractivity (Wildman–Crippen MR) is 103 cm³/mol. The van der Waals surface area contributed by atoms with Gasteiger partial charge in [-0.2, -0.15) is 17.9 Å². The summed E-state index contributed by atoms with van der Waals surface area (Å²) in [5.74, 6) is -0.945. The summed E-state index contributed by atoms with van der Waals surface area (Å²) in [5, 5.41) is 4.30. The highest BCUT2D eigenvalue weighted by Gasteiger charge is 2.34. The van der Waals surface area contributed by atoms with Crippen LogP contribution in [0.2, 0.25) is 0 Å². The number of hydrogen-bond acceptors (Lipinski definition) is 4. The number of nitrogens with zero attached hydrogens (tertiary/aromatic N) is 2. The Hall–Kier alpha value is -3.32. The molecule has 0 aromatic heterocycles. The van der Waals surface area contributed by atoms with Gasteiger partial charge in [-0.15, -0.1) is 0 Å². The van der Waals surface area contributed by atoms with E-state index in [2.05, 4.69) is 5.10 Å². The molecule has 7 heteroatoms. The first-order chi connectivity index (χ1) is 13.5. The molecule has 0 saturated carbocycles. The summed E-state index contributed by atoms with van der Waals surface area (Å²) >= 11 is 0. The molecule has 5 nitrogen and oxygen atoms in total. The number of Topliss-reactive ketones (excluding diaryl/α,β-unsaturated/α-hetero) is 1. The fraction of sp³-hybridized carbons (Fsp3) is 0.0476. The van der Waals surface area contributed by atoms with Crippen LogP contribution in [0.4, 0.5) is 4.39 Å². The second kappa shape index (κ2) is 7.01. The van der Waals surface area contributed by atoms with Crippen molar-refractivity contribution in [3.05, 3.63) is 101 Å². The molecule has 1 aliphatic rings. The molecule has 0 bridgehead atoms. The lowest BCUT2D eigenvalue weighted by atomic mass is 10.0. The first-order valence-electron chi connectivity index (χ1n) is 8.52. The van der Waals surface area contributed by atoms with Gasteiger partial charge in [0.15, 0.2) is 5.78 Å². The summed E-state index contributed by atoms with van der Waals surface area (Å²) in [6, 6.07) is 20.7. The third-order valence-corrected chi connectivity index (χ3v) is 6.08. The number of hydrazone groups is 1. The van der Waals surface area contributed by atoms with E-state index in [1.807, 2.05) is 30.3 Å². The maximum absolute atomic E-state index is 13.1. The minimum absolute atomic E-state index is 0.0933. The summed E-state index contributed by atoms with van der Waals surface area (Å²) in [6.45, 7) is -0.474. The van der Waals surface area contributed by atoms with E-state index in [1.165, 1.54) is 18.2 Å². The molecule has 0 unspecified atom stereocenters. The van der Waals surface area contributed by atoms with Crippen LogP contribution in [0.1, 0.15) is 21.5 Å². The van der Waals surface area contributed by atoms with Gasteiger partial charge in [0, 0.05) is 16.7 Å². The Kier molecular flexibility index (Phi) is 4.52. The Bertz CT molecular complexity index is 1170. The number of fused-ring (bicyclic) bond motifs is 1. The second-order valence-electron chi connectivity index (χ2n) is 6.23. The Labute approximate surface area is 161 Å². The Balaban J connectivity index is 1.78. The fourth-order valence-corrected chi connectivity index (χ4v) is 4.40. The molecule has 0 amide bonds. The van der Waals surface area contributed by atoms with Gasteiger partial charge in [-0.3, -0.25) is 4.79 Å². The lowest BCUT2D eigenvalue weighted by Crippen LogP contribution is -2.37. The average molecular weight is 394 g/mol. The normalized spacial score (nSPS) is 14.9. The van der Waals surface area contributed by atoms with E-state index in [0.717, 1.165) is 22.1 Å². The minimum Gasteiger partial charge on any atom is -0.292 e.